The third-order valence-corrected chi connectivity index (χ3v) is 6.20. The zero-order valence-corrected chi connectivity index (χ0v) is 23.2. The molecule has 1 aliphatic rings. The van der Waals surface area contributed by atoms with E-state index in [4.69, 9.17) is 4.74 Å². The lowest BCUT2D eigenvalue weighted by molar-refractivity contribution is -0.141. The van der Waals surface area contributed by atoms with E-state index in [1.807, 2.05) is 37.4 Å². The van der Waals surface area contributed by atoms with Crippen molar-refractivity contribution in [3.8, 4) is 0 Å². The zero-order valence-electron chi connectivity index (χ0n) is 22.4. The van der Waals surface area contributed by atoms with E-state index in [9.17, 15) is 9.59 Å². The normalized spacial score (nSPS) is 17.8. The SMILES string of the molecule is CCCN1C(=NCC(=O)OCC)C=C(Sc2ccc(NC(C)=O)cc2)N(C)C1NC(C)NNC(C)C. The van der Waals surface area contributed by atoms with Crippen LogP contribution >= 0.6 is 11.8 Å². The first kappa shape index (κ1) is 29.6. The fraction of sp³-hybridized carbons (Fsp3) is 0.560. The number of nitrogens with zero attached hydrogens (tertiary/aromatic N) is 3. The molecule has 200 valence electrons. The summed E-state index contributed by atoms with van der Waals surface area (Å²) in [5, 5.41) is 7.39. The zero-order chi connectivity index (χ0) is 26.7. The monoisotopic (exact) mass is 519 g/mol. The minimum atomic E-state index is -0.350. The van der Waals surface area contributed by atoms with Gasteiger partial charge in [0.2, 0.25) is 5.91 Å². The molecule has 1 aromatic rings. The molecule has 0 fully saturated rings. The Balaban J connectivity index is 2.35. The Labute approximate surface area is 219 Å². The Hall–Kier alpha value is -2.60. The third-order valence-electron chi connectivity index (χ3n) is 5.08. The average Bonchev–Trinajstić information content (AvgIpc) is 2.82. The van der Waals surface area contributed by atoms with Crippen molar-refractivity contribution in [3.63, 3.8) is 0 Å². The van der Waals surface area contributed by atoms with Crippen molar-refractivity contribution >= 4 is 35.2 Å². The highest BCUT2D eigenvalue weighted by Crippen LogP contribution is 2.33. The molecule has 2 unspecified atom stereocenters. The summed E-state index contributed by atoms with van der Waals surface area (Å²) in [6.07, 6.45) is 2.67. The van der Waals surface area contributed by atoms with Gasteiger partial charge < -0.3 is 19.9 Å². The number of thioether (sulfide) groups is 1. The molecule has 0 saturated carbocycles. The number of nitrogens with one attached hydrogen (secondary N) is 4. The predicted molar refractivity (Wildman–Crippen MR) is 146 cm³/mol. The summed E-state index contributed by atoms with van der Waals surface area (Å²) < 4.78 is 5.09. The smallest absolute Gasteiger partial charge is 0.327 e. The highest BCUT2D eigenvalue weighted by Gasteiger charge is 2.32. The molecule has 11 heteroatoms. The molecule has 2 rings (SSSR count). The molecule has 0 bridgehead atoms. The number of rotatable bonds is 13. The molecule has 0 spiro atoms. The van der Waals surface area contributed by atoms with Crippen LogP contribution in [0.3, 0.4) is 0 Å². The van der Waals surface area contributed by atoms with Gasteiger partial charge in [-0.15, -0.1) is 0 Å². The number of hydrazine groups is 1. The van der Waals surface area contributed by atoms with Crippen LogP contribution in [0.25, 0.3) is 0 Å². The number of esters is 1. The minimum Gasteiger partial charge on any atom is -0.465 e. The van der Waals surface area contributed by atoms with E-state index < -0.39 is 0 Å². The maximum atomic E-state index is 12.1. The van der Waals surface area contributed by atoms with Gasteiger partial charge in [-0.3, -0.25) is 25.3 Å². The Bertz CT molecular complexity index is 921. The Morgan fingerprint density at radius 3 is 2.42 bits per heavy atom. The molecule has 0 aliphatic carbocycles. The Kier molecular flexibility index (Phi) is 12.2. The summed E-state index contributed by atoms with van der Waals surface area (Å²) in [5.74, 6) is 0.270. The Morgan fingerprint density at radius 1 is 1.14 bits per heavy atom. The van der Waals surface area contributed by atoms with E-state index in [1.54, 1.807) is 18.7 Å². The molecule has 0 radical (unpaired) electrons. The largest absolute Gasteiger partial charge is 0.465 e. The number of ether oxygens (including phenoxy) is 1. The van der Waals surface area contributed by atoms with Crippen LogP contribution in [0.2, 0.25) is 0 Å². The molecule has 1 heterocycles. The van der Waals surface area contributed by atoms with Crippen molar-refractivity contribution in [2.75, 3.05) is 32.1 Å². The highest BCUT2D eigenvalue weighted by molar-refractivity contribution is 8.03. The van der Waals surface area contributed by atoms with Crippen molar-refractivity contribution in [2.24, 2.45) is 4.99 Å². The highest BCUT2D eigenvalue weighted by atomic mass is 32.2. The van der Waals surface area contributed by atoms with E-state index in [1.165, 1.54) is 6.92 Å². The average molecular weight is 520 g/mol. The van der Waals surface area contributed by atoms with Crippen molar-refractivity contribution in [2.45, 2.75) is 71.4 Å². The lowest BCUT2D eigenvalue weighted by atomic mass is 10.3. The van der Waals surface area contributed by atoms with Gasteiger partial charge >= 0.3 is 5.97 Å². The predicted octanol–water partition coefficient (Wildman–Crippen LogP) is 2.92. The van der Waals surface area contributed by atoms with Crippen LogP contribution in [0.1, 0.15) is 48.0 Å². The summed E-state index contributed by atoms with van der Waals surface area (Å²) >= 11 is 1.59. The molecule has 2 atom stereocenters. The number of benzene rings is 1. The van der Waals surface area contributed by atoms with Gasteiger partial charge in [-0.05, 0) is 58.4 Å². The fourth-order valence-corrected chi connectivity index (χ4v) is 4.43. The number of carbonyl (C=O) groups is 2. The Morgan fingerprint density at radius 2 is 1.83 bits per heavy atom. The number of anilines is 1. The van der Waals surface area contributed by atoms with Gasteiger partial charge in [0.05, 0.1) is 17.8 Å². The van der Waals surface area contributed by atoms with E-state index in [2.05, 4.69) is 64.0 Å². The van der Waals surface area contributed by atoms with Gasteiger partial charge in [-0.1, -0.05) is 18.7 Å². The van der Waals surface area contributed by atoms with Crippen LogP contribution in [0.5, 0.6) is 0 Å². The topological polar surface area (TPSA) is 110 Å². The fourth-order valence-electron chi connectivity index (χ4n) is 3.51. The maximum Gasteiger partial charge on any atom is 0.327 e. The number of hydrogen-bond donors (Lipinski definition) is 4. The molecule has 10 nitrogen and oxygen atoms in total. The van der Waals surface area contributed by atoms with Crippen molar-refractivity contribution in [1.82, 2.24) is 26.0 Å². The van der Waals surface area contributed by atoms with E-state index in [0.717, 1.165) is 34.4 Å². The summed E-state index contributed by atoms with van der Waals surface area (Å²) in [6, 6.07) is 7.99. The summed E-state index contributed by atoms with van der Waals surface area (Å²) in [4.78, 5) is 33.4. The number of amides is 1. The standard InChI is InChI=1S/C25H41N7O3S/c1-8-14-32-22(26-16-24(34)35-9-2)15-23(31(7)25(32)27-18(5)30-29-17(3)4)36-21-12-10-20(11-13-21)28-19(6)33/h10-13,15,17-18,25,27,29-30H,8-9,14,16H2,1-7H3,(H,28,33). The number of carbonyl (C=O) groups excluding carboxylic acids is 2. The van der Waals surface area contributed by atoms with Crippen molar-refractivity contribution in [3.05, 3.63) is 35.4 Å². The second-order valence-corrected chi connectivity index (χ2v) is 9.87. The summed E-state index contributed by atoms with van der Waals surface area (Å²) in [7, 11) is 2.04. The second kappa shape index (κ2) is 14.8. The molecule has 1 amide bonds. The molecule has 36 heavy (non-hydrogen) atoms. The molecule has 4 N–H and O–H groups in total. The lowest BCUT2D eigenvalue weighted by Crippen LogP contribution is -2.64. The number of amidine groups is 1. The van der Waals surface area contributed by atoms with Crippen molar-refractivity contribution in [1.29, 1.82) is 0 Å². The van der Waals surface area contributed by atoms with E-state index >= 15 is 0 Å². The molecule has 0 aromatic heterocycles. The number of hydrogen-bond acceptors (Lipinski definition) is 9. The molecule has 0 saturated heterocycles. The lowest BCUT2D eigenvalue weighted by Gasteiger charge is -2.45. The van der Waals surface area contributed by atoms with Crippen LogP contribution < -0.4 is 21.5 Å². The van der Waals surface area contributed by atoms with Gasteiger partial charge in [0, 0.05) is 43.2 Å². The van der Waals surface area contributed by atoms with Gasteiger partial charge in [-0.25, -0.2) is 5.43 Å². The summed E-state index contributed by atoms with van der Waals surface area (Å²) in [6.45, 7) is 12.6. The van der Waals surface area contributed by atoms with Crippen LogP contribution in [-0.4, -0.2) is 72.8 Å². The molecule has 1 aromatic carbocycles. The summed E-state index contributed by atoms with van der Waals surface area (Å²) in [5.41, 5.74) is 7.28. The maximum absolute atomic E-state index is 12.1. The molecule has 1 aliphatic heterocycles. The van der Waals surface area contributed by atoms with Crippen LogP contribution in [0, 0.1) is 0 Å². The first-order valence-electron chi connectivity index (χ1n) is 12.4. The number of aliphatic imine (C=N–C) groups is 1. The first-order chi connectivity index (χ1) is 17.1. The van der Waals surface area contributed by atoms with Gasteiger partial charge in [0.25, 0.3) is 0 Å². The molecular formula is C25H41N7O3S. The molecular weight excluding hydrogens is 478 g/mol. The third kappa shape index (κ3) is 9.45. The van der Waals surface area contributed by atoms with Crippen LogP contribution in [-0.2, 0) is 14.3 Å². The van der Waals surface area contributed by atoms with E-state index in [0.29, 0.717) is 12.6 Å². The second-order valence-electron chi connectivity index (χ2n) is 8.78. The van der Waals surface area contributed by atoms with Crippen molar-refractivity contribution < 1.29 is 14.3 Å². The van der Waals surface area contributed by atoms with Gasteiger partial charge in [0.15, 0.2) is 6.29 Å². The minimum absolute atomic E-state index is 0.0393. The quantitative estimate of drug-likeness (QED) is 0.178. The first-order valence-corrected chi connectivity index (χ1v) is 13.2. The van der Waals surface area contributed by atoms with E-state index in [-0.39, 0.29) is 30.9 Å². The van der Waals surface area contributed by atoms with Gasteiger partial charge in [-0.2, -0.15) is 0 Å². The van der Waals surface area contributed by atoms with Gasteiger partial charge in [0.1, 0.15) is 12.4 Å². The van der Waals surface area contributed by atoms with Crippen LogP contribution in [0.4, 0.5) is 5.69 Å². The van der Waals surface area contributed by atoms with Crippen LogP contribution in [0.15, 0.2) is 45.3 Å².